The summed E-state index contributed by atoms with van der Waals surface area (Å²) in [5, 5.41) is 0.825. The third-order valence-corrected chi connectivity index (χ3v) is 9.57. The van der Waals surface area contributed by atoms with Crippen LogP contribution in [0.3, 0.4) is 0 Å². The van der Waals surface area contributed by atoms with E-state index in [-0.39, 0.29) is 12.1 Å². The topological polar surface area (TPSA) is 90.7 Å². The predicted octanol–water partition coefficient (Wildman–Crippen LogP) is 4.47. The number of benzene rings is 2. The van der Waals surface area contributed by atoms with Gasteiger partial charge in [0.2, 0.25) is 10.0 Å². The van der Waals surface area contributed by atoms with Gasteiger partial charge in [-0.1, -0.05) is 23.9 Å². The highest BCUT2D eigenvalue weighted by atomic mass is 32.2. The van der Waals surface area contributed by atoms with Crippen molar-refractivity contribution in [2.75, 3.05) is 26.3 Å². The number of thioether (sulfide) groups is 1. The molecule has 1 atom stereocenters. The number of hydrogen-bond acceptors (Lipinski definition) is 7. The highest BCUT2D eigenvalue weighted by molar-refractivity contribution is 7.98. The Morgan fingerprint density at radius 1 is 1.14 bits per heavy atom. The lowest BCUT2D eigenvalue weighted by Gasteiger charge is -2.16. The summed E-state index contributed by atoms with van der Waals surface area (Å²) < 4.78 is 40.9. The average molecular weight is 530 g/mol. The Bertz CT molecular complexity index is 1330. The normalized spacial score (nSPS) is 18.8. The number of carbonyl (C=O) groups is 1. The fourth-order valence-corrected chi connectivity index (χ4v) is 7.22. The van der Waals surface area contributed by atoms with E-state index in [0.29, 0.717) is 48.0 Å². The molecule has 2 saturated heterocycles. The molecule has 2 aromatic carbocycles. The highest BCUT2D eigenvalue weighted by Gasteiger charge is 2.28. The molecule has 3 aromatic rings. The van der Waals surface area contributed by atoms with E-state index >= 15 is 0 Å². The van der Waals surface area contributed by atoms with E-state index in [1.165, 1.54) is 0 Å². The zero-order valence-corrected chi connectivity index (χ0v) is 22.0. The van der Waals surface area contributed by atoms with Gasteiger partial charge in [0.1, 0.15) is 0 Å². The van der Waals surface area contributed by atoms with Crippen LogP contribution < -0.4 is 0 Å². The summed E-state index contributed by atoms with van der Waals surface area (Å²) in [5.41, 5.74) is 3.17. The Morgan fingerprint density at radius 3 is 2.61 bits per heavy atom. The summed E-state index contributed by atoms with van der Waals surface area (Å²) in [7, 11) is -3.51. The summed E-state index contributed by atoms with van der Waals surface area (Å²) in [6, 6.07) is 12.7. The van der Waals surface area contributed by atoms with Crippen LogP contribution in [0, 0.1) is 0 Å². The van der Waals surface area contributed by atoms with Gasteiger partial charge >= 0.3 is 5.97 Å². The summed E-state index contributed by atoms with van der Waals surface area (Å²) in [6.45, 7) is 4.73. The van der Waals surface area contributed by atoms with Crippen LogP contribution in [-0.2, 0) is 31.8 Å². The van der Waals surface area contributed by atoms with Gasteiger partial charge in [-0.15, -0.1) is 0 Å². The number of imidazole rings is 1. The van der Waals surface area contributed by atoms with Gasteiger partial charge in [-0.25, -0.2) is 18.2 Å². The third-order valence-electron chi connectivity index (χ3n) is 6.63. The van der Waals surface area contributed by atoms with E-state index in [2.05, 4.69) is 4.57 Å². The van der Waals surface area contributed by atoms with Crippen molar-refractivity contribution in [3.63, 3.8) is 0 Å². The number of aromatic nitrogens is 2. The zero-order valence-electron chi connectivity index (χ0n) is 20.4. The quantitative estimate of drug-likeness (QED) is 0.298. The molecule has 1 aromatic heterocycles. The van der Waals surface area contributed by atoms with E-state index in [4.69, 9.17) is 14.5 Å². The van der Waals surface area contributed by atoms with E-state index in [1.807, 2.05) is 18.2 Å². The van der Waals surface area contributed by atoms with Gasteiger partial charge < -0.3 is 14.0 Å². The summed E-state index contributed by atoms with van der Waals surface area (Å²) >= 11 is 1.59. The van der Waals surface area contributed by atoms with Gasteiger partial charge in [-0.05, 0) is 68.5 Å². The summed E-state index contributed by atoms with van der Waals surface area (Å²) in [5.74, 6) is 0.339. The van der Waals surface area contributed by atoms with Crippen molar-refractivity contribution in [2.24, 2.45) is 0 Å². The van der Waals surface area contributed by atoms with Crippen LogP contribution >= 0.6 is 11.8 Å². The molecule has 0 saturated carbocycles. The van der Waals surface area contributed by atoms with Gasteiger partial charge in [0.15, 0.2) is 5.16 Å². The Kier molecular flexibility index (Phi) is 7.66. The molecule has 3 heterocycles. The third kappa shape index (κ3) is 5.32. The molecular formula is C26H31N3O5S2. The van der Waals surface area contributed by atoms with E-state index in [1.54, 1.807) is 47.3 Å². The first kappa shape index (κ1) is 25.3. The van der Waals surface area contributed by atoms with E-state index < -0.39 is 10.0 Å². The van der Waals surface area contributed by atoms with Crippen molar-refractivity contribution in [2.45, 2.75) is 61.1 Å². The van der Waals surface area contributed by atoms with Crippen molar-refractivity contribution in [3.8, 4) is 0 Å². The molecule has 192 valence electrons. The first-order valence-corrected chi connectivity index (χ1v) is 14.9. The largest absolute Gasteiger partial charge is 0.462 e. The number of fused-ring (bicyclic) bond motifs is 1. The molecule has 8 nitrogen and oxygen atoms in total. The molecular weight excluding hydrogens is 498 g/mol. The van der Waals surface area contributed by atoms with Crippen molar-refractivity contribution < 1.29 is 22.7 Å². The predicted molar refractivity (Wildman–Crippen MR) is 139 cm³/mol. The minimum absolute atomic E-state index is 0.124. The maximum atomic E-state index is 13.1. The number of esters is 1. The molecule has 2 aliphatic rings. The van der Waals surface area contributed by atoms with E-state index in [9.17, 15) is 13.2 Å². The average Bonchev–Trinajstić information content (AvgIpc) is 3.65. The molecule has 10 heteroatoms. The fraction of sp³-hybridized carbons (Fsp3) is 0.462. The lowest BCUT2D eigenvalue weighted by atomic mass is 10.1. The second kappa shape index (κ2) is 10.9. The molecule has 0 bridgehead atoms. The van der Waals surface area contributed by atoms with Crippen LogP contribution in [0.25, 0.3) is 11.0 Å². The first-order chi connectivity index (χ1) is 17.5. The Hall–Kier alpha value is -2.40. The number of nitrogens with zero attached hydrogens (tertiary/aromatic N) is 3. The second-order valence-electron chi connectivity index (χ2n) is 9.11. The van der Waals surface area contributed by atoms with Gasteiger partial charge in [0.25, 0.3) is 0 Å². The smallest absolute Gasteiger partial charge is 0.338 e. The Morgan fingerprint density at radius 2 is 1.92 bits per heavy atom. The van der Waals surface area contributed by atoms with Crippen LogP contribution in [0.4, 0.5) is 0 Å². The first-order valence-electron chi connectivity index (χ1n) is 12.5. The number of rotatable bonds is 9. The van der Waals surface area contributed by atoms with Crippen molar-refractivity contribution in [3.05, 3.63) is 53.6 Å². The van der Waals surface area contributed by atoms with Gasteiger partial charge in [-0.3, -0.25) is 0 Å². The van der Waals surface area contributed by atoms with Crippen LogP contribution in [0.15, 0.2) is 52.5 Å². The van der Waals surface area contributed by atoms with Gasteiger partial charge in [0.05, 0.1) is 40.7 Å². The molecule has 0 amide bonds. The monoisotopic (exact) mass is 529 g/mol. The minimum atomic E-state index is -3.51. The number of ether oxygens (including phenoxy) is 2. The van der Waals surface area contributed by atoms with Gasteiger partial charge in [-0.2, -0.15) is 4.31 Å². The summed E-state index contributed by atoms with van der Waals surface area (Å²) in [4.78, 5) is 17.1. The molecule has 1 unspecified atom stereocenters. The van der Waals surface area contributed by atoms with Crippen molar-refractivity contribution >= 4 is 38.8 Å². The molecule has 0 spiro atoms. The minimum Gasteiger partial charge on any atom is -0.462 e. The van der Waals surface area contributed by atoms with Crippen molar-refractivity contribution in [1.82, 2.24) is 13.9 Å². The molecule has 2 fully saturated rings. The summed E-state index contributed by atoms with van der Waals surface area (Å²) in [6.07, 6.45) is 3.97. The lowest BCUT2D eigenvalue weighted by molar-refractivity contribution is 0.0526. The molecule has 0 aliphatic carbocycles. The van der Waals surface area contributed by atoms with Crippen LogP contribution in [0.2, 0.25) is 0 Å². The molecule has 5 rings (SSSR count). The van der Waals surface area contributed by atoms with Crippen molar-refractivity contribution in [1.29, 1.82) is 0 Å². The molecule has 0 radical (unpaired) electrons. The number of sulfonamides is 1. The maximum Gasteiger partial charge on any atom is 0.338 e. The number of hydrogen-bond donors (Lipinski definition) is 0. The Labute approximate surface area is 216 Å². The van der Waals surface area contributed by atoms with Crippen LogP contribution in [0.5, 0.6) is 0 Å². The Balaban J connectivity index is 1.41. The zero-order chi connectivity index (χ0) is 25.1. The number of carbonyl (C=O) groups excluding carboxylic acids is 1. The van der Waals surface area contributed by atoms with Crippen LogP contribution in [0.1, 0.15) is 48.5 Å². The van der Waals surface area contributed by atoms with Gasteiger partial charge in [0, 0.05) is 25.4 Å². The lowest BCUT2D eigenvalue weighted by Crippen LogP contribution is -2.27. The van der Waals surface area contributed by atoms with Crippen LogP contribution in [-0.4, -0.2) is 60.7 Å². The van der Waals surface area contributed by atoms with E-state index in [0.717, 1.165) is 48.5 Å². The molecule has 2 aliphatic heterocycles. The standard InChI is InChI=1S/C26H31N3O5S2/c1-2-33-25(30)20-9-7-19(8-10-20)18-35-26-27-23-16-22(36(31,32)28-13-3-4-14-28)11-12-24(23)29(26)17-21-6-5-15-34-21/h7-12,16,21H,2-6,13-15,17-18H2,1H3. The molecule has 0 N–H and O–H groups in total. The SMILES string of the molecule is CCOC(=O)c1ccc(CSc2nc3cc(S(=O)(=O)N4CCCC4)ccc3n2CC2CCCO2)cc1. The highest BCUT2D eigenvalue weighted by Crippen LogP contribution is 2.31. The second-order valence-corrected chi connectivity index (χ2v) is 12.0. The molecule has 36 heavy (non-hydrogen) atoms. The fourth-order valence-electron chi connectivity index (χ4n) is 4.70. The maximum absolute atomic E-state index is 13.1.